The van der Waals surface area contributed by atoms with Crippen LogP contribution in [0.25, 0.3) is 0 Å². The monoisotopic (exact) mass is 328 g/mol. The van der Waals surface area contributed by atoms with Crippen molar-refractivity contribution in [3.63, 3.8) is 0 Å². The van der Waals surface area contributed by atoms with E-state index in [1.807, 2.05) is 0 Å². The van der Waals surface area contributed by atoms with E-state index >= 15 is 0 Å². The zero-order chi connectivity index (χ0) is 16.9. The first-order chi connectivity index (χ1) is 10.9. The van der Waals surface area contributed by atoms with Crippen molar-refractivity contribution in [1.29, 1.82) is 0 Å². The SMILES string of the molecule is COC(=O)COc1cccc(CNC(=O)C2CC(F)(F)CN2)c1. The van der Waals surface area contributed by atoms with E-state index in [-0.39, 0.29) is 13.2 Å². The summed E-state index contributed by atoms with van der Waals surface area (Å²) >= 11 is 0. The minimum absolute atomic E-state index is 0.179. The number of ether oxygens (including phenoxy) is 2. The molecule has 1 aromatic carbocycles. The Labute approximate surface area is 132 Å². The summed E-state index contributed by atoms with van der Waals surface area (Å²) in [6.07, 6.45) is -0.499. The lowest BCUT2D eigenvalue weighted by Crippen LogP contribution is -2.40. The maximum Gasteiger partial charge on any atom is 0.343 e. The summed E-state index contributed by atoms with van der Waals surface area (Å²) in [6, 6.07) is 5.88. The molecule has 2 rings (SSSR count). The molecule has 8 heteroatoms. The fourth-order valence-electron chi connectivity index (χ4n) is 2.16. The van der Waals surface area contributed by atoms with E-state index < -0.39 is 36.8 Å². The number of carbonyl (C=O) groups is 2. The van der Waals surface area contributed by atoms with Gasteiger partial charge in [0.15, 0.2) is 6.61 Å². The van der Waals surface area contributed by atoms with Gasteiger partial charge in [-0.05, 0) is 17.7 Å². The molecular formula is C15H18F2N2O4. The van der Waals surface area contributed by atoms with Gasteiger partial charge >= 0.3 is 5.97 Å². The van der Waals surface area contributed by atoms with Crippen LogP contribution in [-0.4, -0.2) is 44.1 Å². The Morgan fingerprint density at radius 3 is 2.87 bits per heavy atom. The van der Waals surface area contributed by atoms with Crippen molar-refractivity contribution in [3.05, 3.63) is 29.8 Å². The summed E-state index contributed by atoms with van der Waals surface area (Å²) in [5.74, 6) is -3.36. The molecule has 0 aliphatic carbocycles. The van der Waals surface area contributed by atoms with Gasteiger partial charge in [-0.3, -0.25) is 10.1 Å². The highest BCUT2D eigenvalue weighted by molar-refractivity contribution is 5.82. The van der Waals surface area contributed by atoms with Gasteiger partial charge in [0, 0.05) is 13.0 Å². The second-order valence-electron chi connectivity index (χ2n) is 5.22. The van der Waals surface area contributed by atoms with Crippen LogP contribution in [0.4, 0.5) is 8.78 Å². The molecule has 23 heavy (non-hydrogen) atoms. The van der Waals surface area contributed by atoms with Gasteiger partial charge in [-0.1, -0.05) is 12.1 Å². The molecule has 1 atom stereocenters. The van der Waals surface area contributed by atoms with E-state index in [2.05, 4.69) is 15.4 Å². The quantitative estimate of drug-likeness (QED) is 0.757. The number of hydrogen-bond donors (Lipinski definition) is 2. The van der Waals surface area contributed by atoms with Crippen molar-refractivity contribution in [2.75, 3.05) is 20.3 Å². The van der Waals surface area contributed by atoms with Gasteiger partial charge in [0.05, 0.1) is 19.7 Å². The predicted molar refractivity (Wildman–Crippen MR) is 77.2 cm³/mol. The molecule has 0 radical (unpaired) electrons. The predicted octanol–water partition coefficient (Wildman–Crippen LogP) is 0.852. The van der Waals surface area contributed by atoms with Gasteiger partial charge < -0.3 is 14.8 Å². The average Bonchev–Trinajstić information content (AvgIpc) is 2.90. The maximum atomic E-state index is 13.1. The van der Waals surface area contributed by atoms with Crippen LogP contribution in [0.5, 0.6) is 5.75 Å². The van der Waals surface area contributed by atoms with E-state index in [1.165, 1.54) is 7.11 Å². The summed E-state index contributed by atoms with van der Waals surface area (Å²) in [7, 11) is 1.26. The van der Waals surface area contributed by atoms with Crippen LogP contribution in [0, 0.1) is 0 Å². The molecule has 1 fully saturated rings. The van der Waals surface area contributed by atoms with Gasteiger partial charge in [0.1, 0.15) is 5.75 Å². The van der Waals surface area contributed by atoms with Crippen molar-refractivity contribution in [3.8, 4) is 5.75 Å². The van der Waals surface area contributed by atoms with E-state index in [0.29, 0.717) is 5.75 Å². The van der Waals surface area contributed by atoms with Crippen LogP contribution in [0.3, 0.4) is 0 Å². The number of amides is 1. The summed E-state index contributed by atoms with van der Waals surface area (Å²) in [5, 5.41) is 5.10. The van der Waals surface area contributed by atoms with Gasteiger partial charge in [0.2, 0.25) is 5.91 Å². The van der Waals surface area contributed by atoms with E-state index in [4.69, 9.17) is 4.74 Å². The van der Waals surface area contributed by atoms with Crippen LogP contribution in [0.15, 0.2) is 24.3 Å². The zero-order valence-corrected chi connectivity index (χ0v) is 12.6. The van der Waals surface area contributed by atoms with Gasteiger partial charge in [-0.25, -0.2) is 13.6 Å². The Morgan fingerprint density at radius 1 is 1.43 bits per heavy atom. The highest BCUT2D eigenvalue weighted by atomic mass is 19.3. The molecule has 0 saturated carbocycles. The number of halogens is 2. The molecule has 1 aliphatic rings. The summed E-state index contributed by atoms with van der Waals surface area (Å²) in [4.78, 5) is 22.9. The minimum Gasteiger partial charge on any atom is -0.482 e. The van der Waals surface area contributed by atoms with Crippen molar-refractivity contribution in [2.45, 2.75) is 24.9 Å². The molecule has 0 spiro atoms. The largest absolute Gasteiger partial charge is 0.482 e. The Balaban J connectivity index is 1.83. The second kappa shape index (κ2) is 7.36. The van der Waals surface area contributed by atoms with Crippen LogP contribution in [0.2, 0.25) is 0 Å². The van der Waals surface area contributed by atoms with E-state index in [0.717, 1.165) is 5.56 Å². The lowest BCUT2D eigenvalue weighted by Gasteiger charge is -2.12. The Hall–Kier alpha value is -2.22. The van der Waals surface area contributed by atoms with Crippen LogP contribution in [-0.2, 0) is 20.9 Å². The van der Waals surface area contributed by atoms with E-state index in [9.17, 15) is 18.4 Å². The summed E-state index contributed by atoms with van der Waals surface area (Å²) in [5.41, 5.74) is 0.727. The zero-order valence-electron chi connectivity index (χ0n) is 12.6. The topological polar surface area (TPSA) is 76.7 Å². The van der Waals surface area contributed by atoms with Crippen molar-refractivity contribution < 1.29 is 27.8 Å². The van der Waals surface area contributed by atoms with Crippen LogP contribution >= 0.6 is 0 Å². The average molecular weight is 328 g/mol. The summed E-state index contributed by atoms with van der Waals surface area (Å²) in [6.45, 7) is -0.520. The van der Waals surface area contributed by atoms with Crippen molar-refractivity contribution in [1.82, 2.24) is 10.6 Å². The van der Waals surface area contributed by atoms with Gasteiger partial charge in [0.25, 0.3) is 5.92 Å². The minimum atomic E-state index is -2.84. The molecule has 1 saturated heterocycles. The normalized spacial score (nSPS) is 19.2. The molecule has 1 unspecified atom stereocenters. The van der Waals surface area contributed by atoms with Gasteiger partial charge in [-0.15, -0.1) is 0 Å². The third kappa shape index (κ3) is 5.17. The first-order valence-electron chi connectivity index (χ1n) is 7.07. The molecule has 1 heterocycles. The molecule has 0 bridgehead atoms. The Morgan fingerprint density at radius 2 is 2.22 bits per heavy atom. The smallest absolute Gasteiger partial charge is 0.343 e. The standard InChI is InChI=1S/C15H18F2N2O4/c1-22-13(20)8-23-11-4-2-3-10(5-11)7-18-14(21)12-6-15(16,17)9-19-12/h2-5,12,19H,6-9H2,1H3,(H,18,21). The van der Waals surface area contributed by atoms with Gasteiger partial charge in [-0.2, -0.15) is 0 Å². The number of hydrogen-bond acceptors (Lipinski definition) is 5. The molecule has 1 aromatic rings. The fourth-order valence-corrected chi connectivity index (χ4v) is 2.16. The van der Waals surface area contributed by atoms with Crippen LogP contribution in [0.1, 0.15) is 12.0 Å². The first-order valence-corrected chi connectivity index (χ1v) is 7.07. The number of nitrogens with one attached hydrogen (secondary N) is 2. The first kappa shape index (κ1) is 17.1. The number of carbonyl (C=O) groups excluding carboxylic acids is 2. The van der Waals surface area contributed by atoms with Crippen LogP contribution < -0.4 is 15.4 Å². The van der Waals surface area contributed by atoms with Crippen molar-refractivity contribution in [2.24, 2.45) is 0 Å². The maximum absolute atomic E-state index is 13.1. The number of methoxy groups -OCH3 is 1. The van der Waals surface area contributed by atoms with E-state index in [1.54, 1.807) is 24.3 Å². The molecule has 1 aliphatic heterocycles. The second-order valence-corrected chi connectivity index (χ2v) is 5.22. The highest BCUT2D eigenvalue weighted by Gasteiger charge is 2.42. The fraction of sp³-hybridized carbons (Fsp3) is 0.467. The molecule has 6 nitrogen and oxygen atoms in total. The lowest BCUT2D eigenvalue weighted by molar-refractivity contribution is -0.142. The Bertz CT molecular complexity index is 580. The highest BCUT2D eigenvalue weighted by Crippen LogP contribution is 2.25. The molecular weight excluding hydrogens is 310 g/mol. The number of esters is 1. The lowest BCUT2D eigenvalue weighted by atomic mass is 10.1. The molecule has 0 aromatic heterocycles. The third-order valence-electron chi connectivity index (χ3n) is 3.38. The number of alkyl halides is 2. The number of rotatable bonds is 6. The molecule has 126 valence electrons. The third-order valence-corrected chi connectivity index (χ3v) is 3.38. The Kier molecular flexibility index (Phi) is 5.49. The number of benzene rings is 1. The van der Waals surface area contributed by atoms with Crippen molar-refractivity contribution >= 4 is 11.9 Å². The summed E-state index contributed by atoms with van der Waals surface area (Å²) < 4.78 is 35.8. The molecule has 2 N–H and O–H groups in total. The molecule has 1 amide bonds.